The lowest BCUT2D eigenvalue weighted by molar-refractivity contribution is -0.120. The molecule has 2 rings (SSSR count). The molecule has 0 unspecified atom stereocenters. The number of amides is 1. The third-order valence-electron chi connectivity index (χ3n) is 2.26. The molecule has 1 amide bonds. The fourth-order valence-corrected chi connectivity index (χ4v) is 2.93. The zero-order valence-corrected chi connectivity index (χ0v) is 11.6. The van der Waals surface area contributed by atoms with Gasteiger partial charge >= 0.3 is 0 Å². The van der Waals surface area contributed by atoms with Gasteiger partial charge in [0.1, 0.15) is 5.01 Å². The largest absolute Gasteiger partial charge is 0.392 e. The lowest BCUT2D eigenvalue weighted by atomic mass is 10.3. The van der Waals surface area contributed by atoms with Crippen molar-refractivity contribution in [3.05, 3.63) is 27.9 Å². The molecule has 0 saturated heterocycles. The molecule has 6 heteroatoms. The van der Waals surface area contributed by atoms with Crippen molar-refractivity contribution >= 4 is 28.6 Å². The van der Waals surface area contributed by atoms with Crippen LogP contribution in [0.5, 0.6) is 0 Å². The van der Waals surface area contributed by atoms with Crippen molar-refractivity contribution in [3.63, 3.8) is 0 Å². The number of nitrogens with one attached hydrogen (secondary N) is 1. The molecule has 2 aromatic rings. The summed E-state index contributed by atoms with van der Waals surface area (Å²) in [6.07, 6.45) is -0.265. The van der Waals surface area contributed by atoms with Crippen LogP contribution in [-0.4, -0.2) is 28.6 Å². The van der Waals surface area contributed by atoms with Crippen LogP contribution in [0.3, 0.4) is 0 Å². The maximum absolute atomic E-state index is 11.6. The van der Waals surface area contributed by atoms with Crippen molar-refractivity contribution in [3.8, 4) is 10.6 Å². The van der Waals surface area contributed by atoms with Crippen LogP contribution in [-0.2, 0) is 11.2 Å². The highest BCUT2D eigenvalue weighted by molar-refractivity contribution is 7.14. The van der Waals surface area contributed by atoms with Crippen LogP contribution in [0.4, 0.5) is 0 Å². The normalized spacial score (nSPS) is 12.3. The highest BCUT2D eigenvalue weighted by atomic mass is 32.1. The van der Waals surface area contributed by atoms with Gasteiger partial charge in [-0.2, -0.15) is 11.3 Å². The number of hydrogen-bond acceptors (Lipinski definition) is 5. The summed E-state index contributed by atoms with van der Waals surface area (Å²) in [6.45, 7) is 1.91. The average Bonchev–Trinajstić information content (AvgIpc) is 2.95. The van der Waals surface area contributed by atoms with Crippen molar-refractivity contribution in [1.82, 2.24) is 10.3 Å². The van der Waals surface area contributed by atoms with Gasteiger partial charge in [-0.15, -0.1) is 11.3 Å². The molecule has 0 aliphatic rings. The molecule has 0 spiro atoms. The highest BCUT2D eigenvalue weighted by Crippen LogP contribution is 2.25. The van der Waals surface area contributed by atoms with E-state index in [0.29, 0.717) is 0 Å². The molecule has 2 aromatic heterocycles. The number of thiazole rings is 1. The summed E-state index contributed by atoms with van der Waals surface area (Å²) in [5.41, 5.74) is 1.87. The molecule has 96 valence electrons. The van der Waals surface area contributed by atoms with E-state index >= 15 is 0 Å². The minimum Gasteiger partial charge on any atom is -0.392 e. The quantitative estimate of drug-likeness (QED) is 0.880. The van der Waals surface area contributed by atoms with Gasteiger partial charge in [-0.3, -0.25) is 4.79 Å². The molecule has 4 nitrogen and oxygen atoms in total. The fourth-order valence-electron chi connectivity index (χ4n) is 1.40. The Labute approximate surface area is 113 Å². The van der Waals surface area contributed by atoms with E-state index in [-0.39, 0.29) is 18.9 Å². The average molecular weight is 282 g/mol. The number of aromatic nitrogens is 1. The first-order valence-electron chi connectivity index (χ1n) is 5.57. The first-order valence-corrected chi connectivity index (χ1v) is 7.39. The number of nitrogens with zero attached hydrogens (tertiary/aromatic N) is 1. The monoisotopic (exact) mass is 282 g/mol. The number of carbonyl (C=O) groups excluding carboxylic acids is 1. The second-order valence-corrected chi connectivity index (χ2v) is 5.62. The van der Waals surface area contributed by atoms with Gasteiger partial charge in [0.05, 0.1) is 18.2 Å². The van der Waals surface area contributed by atoms with E-state index < -0.39 is 6.10 Å². The summed E-state index contributed by atoms with van der Waals surface area (Å²) in [7, 11) is 0. The van der Waals surface area contributed by atoms with Gasteiger partial charge in [0.15, 0.2) is 0 Å². The van der Waals surface area contributed by atoms with Crippen LogP contribution in [0.25, 0.3) is 10.6 Å². The van der Waals surface area contributed by atoms with Crippen LogP contribution < -0.4 is 5.32 Å². The van der Waals surface area contributed by atoms with Crippen LogP contribution in [0, 0.1) is 0 Å². The number of hydrogen-bond donors (Lipinski definition) is 2. The Hall–Kier alpha value is -1.24. The minimum atomic E-state index is -0.522. The van der Waals surface area contributed by atoms with Gasteiger partial charge in [-0.05, 0) is 18.4 Å². The van der Waals surface area contributed by atoms with Crippen LogP contribution >= 0.6 is 22.7 Å². The molecule has 0 saturated carbocycles. The van der Waals surface area contributed by atoms with E-state index in [2.05, 4.69) is 10.3 Å². The SMILES string of the molecule is C[C@H](O)CNC(=O)Cc1csc(-c2ccsc2)n1. The number of rotatable bonds is 5. The second-order valence-electron chi connectivity index (χ2n) is 3.99. The summed E-state index contributed by atoms with van der Waals surface area (Å²) < 4.78 is 0. The van der Waals surface area contributed by atoms with Crippen LogP contribution in [0.15, 0.2) is 22.2 Å². The maximum Gasteiger partial charge on any atom is 0.226 e. The van der Waals surface area contributed by atoms with Gasteiger partial charge in [-0.1, -0.05) is 0 Å². The van der Waals surface area contributed by atoms with Crippen molar-refractivity contribution in [1.29, 1.82) is 0 Å². The van der Waals surface area contributed by atoms with Crippen molar-refractivity contribution in [2.75, 3.05) is 6.54 Å². The Bertz CT molecular complexity index is 506. The van der Waals surface area contributed by atoms with E-state index in [1.54, 1.807) is 18.3 Å². The zero-order valence-electron chi connectivity index (χ0n) is 9.92. The van der Waals surface area contributed by atoms with E-state index in [4.69, 9.17) is 5.11 Å². The third-order valence-corrected chi connectivity index (χ3v) is 3.88. The van der Waals surface area contributed by atoms with Crippen molar-refractivity contribution in [2.24, 2.45) is 0 Å². The number of thiophene rings is 1. The predicted molar refractivity (Wildman–Crippen MR) is 73.8 cm³/mol. The predicted octanol–water partition coefficient (Wildman–Crippen LogP) is 1.91. The molecule has 18 heavy (non-hydrogen) atoms. The maximum atomic E-state index is 11.6. The van der Waals surface area contributed by atoms with E-state index in [1.807, 2.05) is 22.2 Å². The molecular weight excluding hydrogens is 268 g/mol. The summed E-state index contributed by atoms with van der Waals surface area (Å²) >= 11 is 3.17. The van der Waals surface area contributed by atoms with Gasteiger partial charge in [0.25, 0.3) is 0 Å². The standard InChI is InChI=1S/C12H14N2O2S2/c1-8(15)5-13-11(16)4-10-7-18-12(14-10)9-2-3-17-6-9/h2-3,6-8,15H,4-5H2,1H3,(H,13,16)/t8-/m0/s1. The molecule has 2 heterocycles. The first kappa shape index (κ1) is 13.2. The third kappa shape index (κ3) is 3.63. The minimum absolute atomic E-state index is 0.113. The summed E-state index contributed by atoms with van der Waals surface area (Å²) in [4.78, 5) is 16.0. The molecular formula is C12H14N2O2S2. The second kappa shape index (κ2) is 6.08. The van der Waals surface area contributed by atoms with E-state index in [9.17, 15) is 4.79 Å². The summed E-state index contributed by atoms with van der Waals surface area (Å²) in [6, 6.07) is 2.01. The fraction of sp³-hybridized carbons (Fsp3) is 0.333. The molecule has 1 atom stereocenters. The molecule has 0 aromatic carbocycles. The zero-order chi connectivity index (χ0) is 13.0. The Morgan fingerprint density at radius 1 is 1.56 bits per heavy atom. The number of carbonyl (C=O) groups is 1. The highest BCUT2D eigenvalue weighted by Gasteiger charge is 2.09. The Kier molecular flexibility index (Phi) is 4.46. The summed E-state index contributed by atoms with van der Waals surface area (Å²) in [5, 5.41) is 18.6. The smallest absolute Gasteiger partial charge is 0.226 e. The Morgan fingerprint density at radius 2 is 2.39 bits per heavy atom. The lowest BCUT2D eigenvalue weighted by Gasteiger charge is -2.05. The summed E-state index contributed by atoms with van der Waals surface area (Å²) in [5.74, 6) is -0.113. The van der Waals surface area contributed by atoms with E-state index in [1.165, 1.54) is 11.3 Å². The topological polar surface area (TPSA) is 62.2 Å². The first-order chi connectivity index (χ1) is 8.65. The number of aliphatic hydroxyl groups excluding tert-OH is 1. The van der Waals surface area contributed by atoms with Crippen molar-refractivity contribution in [2.45, 2.75) is 19.4 Å². The Morgan fingerprint density at radius 3 is 3.06 bits per heavy atom. The van der Waals surface area contributed by atoms with Crippen LogP contribution in [0.1, 0.15) is 12.6 Å². The van der Waals surface area contributed by atoms with Gasteiger partial charge in [0.2, 0.25) is 5.91 Å². The van der Waals surface area contributed by atoms with E-state index in [0.717, 1.165) is 16.3 Å². The lowest BCUT2D eigenvalue weighted by Crippen LogP contribution is -2.31. The Balaban J connectivity index is 1.93. The molecule has 0 bridgehead atoms. The van der Waals surface area contributed by atoms with Gasteiger partial charge < -0.3 is 10.4 Å². The molecule has 0 fully saturated rings. The van der Waals surface area contributed by atoms with Gasteiger partial charge in [-0.25, -0.2) is 4.98 Å². The molecule has 2 N–H and O–H groups in total. The molecule has 0 aliphatic carbocycles. The number of aliphatic hydroxyl groups is 1. The molecule has 0 radical (unpaired) electrons. The molecule has 0 aliphatic heterocycles. The van der Waals surface area contributed by atoms with Gasteiger partial charge in [0, 0.05) is 22.9 Å². The van der Waals surface area contributed by atoms with Crippen molar-refractivity contribution < 1.29 is 9.90 Å². The van der Waals surface area contributed by atoms with Crippen LogP contribution in [0.2, 0.25) is 0 Å².